The average molecular weight is 275 g/mol. The molecule has 1 aliphatic rings. The van der Waals surface area contributed by atoms with Crippen molar-refractivity contribution in [2.45, 2.75) is 64.6 Å². The maximum atomic E-state index is 11.2. The highest BCUT2D eigenvalue weighted by molar-refractivity contribution is 5.73. The molecule has 2 rings (SSSR count). The summed E-state index contributed by atoms with van der Waals surface area (Å²) in [6, 6.07) is 8.61. The third kappa shape index (κ3) is 3.60. The quantitative estimate of drug-likeness (QED) is 0.895. The van der Waals surface area contributed by atoms with E-state index in [1.807, 2.05) is 0 Å². The zero-order chi connectivity index (χ0) is 14.9. The highest BCUT2D eigenvalue weighted by Crippen LogP contribution is 2.30. The molecule has 0 saturated heterocycles. The van der Waals surface area contributed by atoms with Gasteiger partial charge in [0.25, 0.3) is 0 Å². The van der Waals surface area contributed by atoms with Crippen LogP contribution in [0, 0.1) is 0 Å². The predicted molar refractivity (Wildman–Crippen MR) is 80.8 cm³/mol. The van der Waals surface area contributed by atoms with Crippen LogP contribution in [0.15, 0.2) is 24.3 Å². The summed E-state index contributed by atoms with van der Waals surface area (Å²) in [5.74, 6) is -0.733. The van der Waals surface area contributed by atoms with Gasteiger partial charge in [0.05, 0.1) is 0 Å². The van der Waals surface area contributed by atoms with Crippen LogP contribution in [0.3, 0.4) is 0 Å². The number of benzene rings is 1. The second-order valence-corrected chi connectivity index (χ2v) is 6.86. The molecular formula is C17H25NO2. The Hall–Kier alpha value is -1.35. The first-order valence-electron chi connectivity index (χ1n) is 7.37. The van der Waals surface area contributed by atoms with Gasteiger partial charge in [0.1, 0.15) is 6.04 Å². The summed E-state index contributed by atoms with van der Waals surface area (Å²) in [6.45, 7) is 9.10. The standard InChI is InChI=1S/C17H25NO2/c1-12(16(19)20)18(15-9-10-15)11-13-5-7-14(8-6-13)17(2,3)4/h5-8,12,15H,9-11H2,1-4H3,(H,19,20). The summed E-state index contributed by atoms with van der Waals surface area (Å²) < 4.78 is 0. The van der Waals surface area contributed by atoms with E-state index in [0.717, 1.165) is 19.4 Å². The number of hydrogen-bond donors (Lipinski definition) is 1. The van der Waals surface area contributed by atoms with Crippen molar-refractivity contribution in [2.24, 2.45) is 0 Å². The van der Waals surface area contributed by atoms with E-state index in [0.29, 0.717) is 6.04 Å². The van der Waals surface area contributed by atoms with E-state index >= 15 is 0 Å². The van der Waals surface area contributed by atoms with Gasteiger partial charge in [-0.15, -0.1) is 0 Å². The molecular weight excluding hydrogens is 250 g/mol. The molecule has 0 aromatic heterocycles. The average Bonchev–Trinajstić information content (AvgIpc) is 3.18. The number of carboxylic acids is 1. The minimum Gasteiger partial charge on any atom is -0.480 e. The Balaban J connectivity index is 2.09. The van der Waals surface area contributed by atoms with Gasteiger partial charge in [-0.3, -0.25) is 9.69 Å². The third-order valence-electron chi connectivity index (χ3n) is 4.06. The van der Waals surface area contributed by atoms with Crippen LogP contribution in [-0.2, 0) is 16.8 Å². The lowest BCUT2D eigenvalue weighted by Gasteiger charge is -2.26. The van der Waals surface area contributed by atoms with Crippen molar-refractivity contribution in [1.29, 1.82) is 0 Å². The molecule has 1 unspecified atom stereocenters. The fourth-order valence-corrected chi connectivity index (χ4v) is 2.45. The van der Waals surface area contributed by atoms with Crippen molar-refractivity contribution in [1.82, 2.24) is 4.90 Å². The number of rotatable bonds is 5. The molecule has 1 atom stereocenters. The van der Waals surface area contributed by atoms with E-state index in [1.54, 1.807) is 6.92 Å². The first-order valence-corrected chi connectivity index (χ1v) is 7.37. The Morgan fingerprint density at radius 1 is 1.30 bits per heavy atom. The van der Waals surface area contributed by atoms with Gasteiger partial charge in [0.15, 0.2) is 0 Å². The van der Waals surface area contributed by atoms with Crippen LogP contribution in [0.1, 0.15) is 51.7 Å². The van der Waals surface area contributed by atoms with E-state index in [-0.39, 0.29) is 5.41 Å². The van der Waals surface area contributed by atoms with Gasteiger partial charge in [0, 0.05) is 12.6 Å². The summed E-state index contributed by atoms with van der Waals surface area (Å²) in [6.07, 6.45) is 2.25. The first-order chi connectivity index (χ1) is 9.29. The zero-order valence-electron chi connectivity index (χ0n) is 12.9. The summed E-state index contributed by atoms with van der Waals surface area (Å²) in [5.41, 5.74) is 2.66. The number of nitrogens with zero attached hydrogens (tertiary/aromatic N) is 1. The van der Waals surface area contributed by atoms with E-state index in [4.69, 9.17) is 0 Å². The number of carbonyl (C=O) groups is 1. The third-order valence-corrected chi connectivity index (χ3v) is 4.06. The topological polar surface area (TPSA) is 40.5 Å². The molecule has 20 heavy (non-hydrogen) atoms. The lowest BCUT2D eigenvalue weighted by atomic mass is 9.87. The number of hydrogen-bond acceptors (Lipinski definition) is 2. The Morgan fingerprint density at radius 3 is 2.25 bits per heavy atom. The Labute approximate surface area is 121 Å². The summed E-state index contributed by atoms with van der Waals surface area (Å²) >= 11 is 0. The summed E-state index contributed by atoms with van der Waals surface area (Å²) in [7, 11) is 0. The summed E-state index contributed by atoms with van der Waals surface area (Å²) in [4.78, 5) is 13.3. The highest BCUT2D eigenvalue weighted by atomic mass is 16.4. The molecule has 0 aliphatic heterocycles. The van der Waals surface area contributed by atoms with Crippen molar-refractivity contribution >= 4 is 5.97 Å². The molecule has 0 amide bonds. The lowest BCUT2D eigenvalue weighted by molar-refractivity contribution is -0.143. The fourth-order valence-electron chi connectivity index (χ4n) is 2.45. The van der Waals surface area contributed by atoms with Crippen LogP contribution in [-0.4, -0.2) is 28.1 Å². The largest absolute Gasteiger partial charge is 0.480 e. The van der Waals surface area contributed by atoms with Crippen LogP contribution in [0.25, 0.3) is 0 Å². The molecule has 1 saturated carbocycles. The highest BCUT2D eigenvalue weighted by Gasteiger charge is 2.34. The van der Waals surface area contributed by atoms with Crippen LogP contribution < -0.4 is 0 Å². The molecule has 0 spiro atoms. The van der Waals surface area contributed by atoms with Crippen molar-refractivity contribution in [2.75, 3.05) is 0 Å². The van der Waals surface area contributed by atoms with Gasteiger partial charge in [-0.1, -0.05) is 45.0 Å². The maximum Gasteiger partial charge on any atom is 0.320 e. The fraction of sp³-hybridized carbons (Fsp3) is 0.588. The molecule has 1 aromatic carbocycles. The molecule has 110 valence electrons. The monoisotopic (exact) mass is 275 g/mol. The molecule has 1 N–H and O–H groups in total. The molecule has 1 aliphatic carbocycles. The molecule has 0 heterocycles. The summed E-state index contributed by atoms with van der Waals surface area (Å²) in [5, 5.41) is 9.22. The Morgan fingerprint density at radius 2 is 1.85 bits per heavy atom. The van der Waals surface area contributed by atoms with Gasteiger partial charge >= 0.3 is 5.97 Å². The normalized spacial score (nSPS) is 17.2. The van der Waals surface area contributed by atoms with E-state index < -0.39 is 12.0 Å². The van der Waals surface area contributed by atoms with E-state index in [9.17, 15) is 9.90 Å². The SMILES string of the molecule is CC(C(=O)O)N(Cc1ccc(C(C)(C)C)cc1)C1CC1. The molecule has 0 radical (unpaired) electrons. The number of carboxylic acid groups (broad SMARTS) is 1. The van der Waals surface area contributed by atoms with Gasteiger partial charge in [-0.2, -0.15) is 0 Å². The number of aliphatic carboxylic acids is 1. The molecule has 1 aromatic rings. The van der Waals surface area contributed by atoms with Crippen LogP contribution in [0.4, 0.5) is 0 Å². The zero-order valence-corrected chi connectivity index (χ0v) is 12.9. The van der Waals surface area contributed by atoms with Gasteiger partial charge in [-0.05, 0) is 36.3 Å². The molecule has 3 heteroatoms. The van der Waals surface area contributed by atoms with Gasteiger partial charge < -0.3 is 5.11 Å². The van der Waals surface area contributed by atoms with Gasteiger partial charge in [-0.25, -0.2) is 0 Å². The van der Waals surface area contributed by atoms with Crippen molar-refractivity contribution in [3.05, 3.63) is 35.4 Å². The molecule has 1 fully saturated rings. The minimum absolute atomic E-state index is 0.156. The van der Waals surface area contributed by atoms with Crippen molar-refractivity contribution in [3.63, 3.8) is 0 Å². The minimum atomic E-state index is -0.733. The van der Waals surface area contributed by atoms with Crippen LogP contribution in [0.2, 0.25) is 0 Å². The molecule has 3 nitrogen and oxygen atoms in total. The first kappa shape index (κ1) is 15.0. The second-order valence-electron chi connectivity index (χ2n) is 6.86. The van der Waals surface area contributed by atoms with Crippen molar-refractivity contribution < 1.29 is 9.90 Å². The van der Waals surface area contributed by atoms with Crippen LogP contribution >= 0.6 is 0 Å². The second kappa shape index (κ2) is 5.57. The Kier molecular flexibility index (Phi) is 4.19. The molecule has 0 bridgehead atoms. The smallest absolute Gasteiger partial charge is 0.320 e. The van der Waals surface area contributed by atoms with Crippen LogP contribution in [0.5, 0.6) is 0 Å². The maximum absolute atomic E-state index is 11.2. The lowest BCUT2D eigenvalue weighted by Crippen LogP contribution is -2.40. The van der Waals surface area contributed by atoms with Crippen molar-refractivity contribution in [3.8, 4) is 0 Å². The Bertz CT molecular complexity index is 469. The van der Waals surface area contributed by atoms with E-state index in [1.165, 1.54) is 11.1 Å². The predicted octanol–water partition coefficient (Wildman–Crippen LogP) is 3.42. The van der Waals surface area contributed by atoms with E-state index in [2.05, 4.69) is 49.9 Å². The van der Waals surface area contributed by atoms with Gasteiger partial charge in [0.2, 0.25) is 0 Å².